The van der Waals surface area contributed by atoms with Crippen molar-refractivity contribution >= 4 is 28.3 Å². The molecule has 0 amide bonds. The second-order valence-electron chi connectivity index (χ2n) is 6.94. The van der Waals surface area contributed by atoms with Crippen LogP contribution < -0.4 is 5.00 Å². The Hall–Kier alpha value is -2.29. The summed E-state index contributed by atoms with van der Waals surface area (Å²) < 4.78 is 22.9. The van der Waals surface area contributed by atoms with Crippen LogP contribution in [0.2, 0.25) is 0 Å². The summed E-state index contributed by atoms with van der Waals surface area (Å²) in [6.45, 7) is 1.89. The van der Waals surface area contributed by atoms with Gasteiger partial charge in [0.25, 0.3) is 0 Å². The average Bonchev–Trinajstić information content (AvgIpc) is 3.15. The van der Waals surface area contributed by atoms with E-state index in [0.717, 1.165) is 0 Å². The van der Waals surface area contributed by atoms with Crippen LogP contribution in [0.4, 0.5) is 0 Å². The van der Waals surface area contributed by atoms with Crippen LogP contribution in [0.25, 0.3) is 0 Å². The summed E-state index contributed by atoms with van der Waals surface area (Å²) in [5.41, 5.74) is 0.587. The lowest BCUT2D eigenvalue weighted by Gasteiger charge is -2.26. The standard InChI is InChI=1S/C21H25BNO7P/c1-13(31-23-22-26)16-17(28-19(24)14-9-5-3-6-10-14)18(21(27-2)30-16)29-20(25)15-11-7-4-8-12-15/h3-13,16-18,21-23,26,31H,1-2H3/t13-,16+,17+,18+,21?/m0/s1. The van der Waals surface area contributed by atoms with Gasteiger partial charge < -0.3 is 29.0 Å². The number of benzene rings is 2. The predicted octanol–water partition coefficient (Wildman–Crippen LogP) is 1.64. The van der Waals surface area contributed by atoms with Crippen molar-refractivity contribution in [3.63, 3.8) is 0 Å². The van der Waals surface area contributed by atoms with Crippen molar-refractivity contribution in [2.75, 3.05) is 7.11 Å². The highest BCUT2D eigenvalue weighted by Crippen LogP contribution is 2.35. The van der Waals surface area contributed by atoms with Gasteiger partial charge in [0, 0.05) is 12.8 Å². The first-order valence-electron chi connectivity index (χ1n) is 9.84. The molecule has 0 radical (unpaired) electrons. The number of nitrogens with one attached hydrogen (secondary N) is 1. The number of esters is 2. The summed E-state index contributed by atoms with van der Waals surface area (Å²) in [5.74, 6) is -1.12. The third-order valence-electron chi connectivity index (χ3n) is 4.85. The SMILES string of the molecule is COC1O[C@H]([C@H](C)PNBO)[C@@H](OC(=O)c2ccccc2)[C@H]1OC(=O)c1ccccc1. The van der Waals surface area contributed by atoms with Gasteiger partial charge in [0.15, 0.2) is 18.5 Å². The van der Waals surface area contributed by atoms with Gasteiger partial charge in [-0.1, -0.05) is 52.1 Å². The van der Waals surface area contributed by atoms with Crippen molar-refractivity contribution in [3.8, 4) is 0 Å². The Labute approximate surface area is 183 Å². The lowest BCUT2D eigenvalue weighted by molar-refractivity contribution is -0.149. The molecule has 0 spiro atoms. The maximum atomic E-state index is 12.8. The zero-order valence-electron chi connectivity index (χ0n) is 17.3. The Kier molecular flexibility index (Phi) is 8.57. The van der Waals surface area contributed by atoms with E-state index in [9.17, 15) is 9.59 Å². The lowest BCUT2D eigenvalue weighted by Crippen LogP contribution is -2.43. The first-order chi connectivity index (χ1) is 15.0. The summed E-state index contributed by atoms with van der Waals surface area (Å²) in [7, 11) is 1.37. The van der Waals surface area contributed by atoms with E-state index in [1.54, 1.807) is 60.7 Å². The average molecular weight is 445 g/mol. The van der Waals surface area contributed by atoms with Crippen molar-refractivity contribution in [3.05, 3.63) is 71.8 Å². The zero-order chi connectivity index (χ0) is 22.2. The summed E-state index contributed by atoms with van der Waals surface area (Å²) in [4.78, 5) is 28.3. The highest BCUT2D eigenvalue weighted by Gasteiger charge is 2.52. The van der Waals surface area contributed by atoms with Crippen molar-refractivity contribution in [2.24, 2.45) is 0 Å². The normalized spacial score (nSPS) is 24.1. The fourth-order valence-electron chi connectivity index (χ4n) is 3.32. The van der Waals surface area contributed by atoms with Crippen LogP contribution in [0.15, 0.2) is 60.7 Å². The van der Waals surface area contributed by atoms with Gasteiger partial charge in [0.05, 0.1) is 11.1 Å². The second-order valence-corrected chi connectivity index (χ2v) is 8.50. The quantitative estimate of drug-likeness (QED) is 0.341. The molecule has 1 aliphatic heterocycles. The highest BCUT2D eigenvalue weighted by atomic mass is 31.1. The highest BCUT2D eigenvalue weighted by molar-refractivity contribution is 7.38. The molecule has 8 nitrogen and oxygen atoms in total. The number of ether oxygens (including phenoxy) is 4. The molecule has 3 rings (SSSR count). The van der Waals surface area contributed by atoms with E-state index >= 15 is 0 Å². The topological polar surface area (TPSA) is 103 Å². The Balaban J connectivity index is 1.84. The molecule has 2 unspecified atom stereocenters. The van der Waals surface area contributed by atoms with Crippen molar-refractivity contribution in [1.82, 2.24) is 5.00 Å². The Bertz CT molecular complexity index is 857. The minimum Gasteiger partial charge on any atom is -0.452 e. The van der Waals surface area contributed by atoms with E-state index in [1.807, 2.05) is 6.92 Å². The molecule has 0 aliphatic carbocycles. The van der Waals surface area contributed by atoms with Gasteiger partial charge in [-0.2, -0.15) is 0 Å². The van der Waals surface area contributed by atoms with Crippen molar-refractivity contribution in [2.45, 2.75) is 37.2 Å². The number of hydrogen-bond donors (Lipinski definition) is 2. The Morgan fingerprint density at radius 2 is 1.52 bits per heavy atom. The van der Waals surface area contributed by atoms with Gasteiger partial charge in [0.1, 0.15) is 6.10 Å². The number of methoxy groups -OCH3 is 1. The first-order valence-corrected chi connectivity index (χ1v) is 10.9. The van der Waals surface area contributed by atoms with Crippen LogP contribution in [0, 0.1) is 0 Å². The molecule has 2 aromatic rings. The number of carbonyl (C=O) groups excluding carboxylic acids is 2. The number of rotatable bonds is 9. The molecule has 1 fully saturated rings. The van der Waals surface area contributed by atoms with Gasteiger partial charge in [-0.25, -0.2) is 9.59 Å². The van der Waals surface area contributed by atoms with Crippen LogP contribution in [-0.2, 0) is 18.9 Å². The zero-order valence-corrected chi connectivity index (χ0v) is 18.3. The van der Waals surface area contributed by atoms with E-state index in [1.165, 1.54) is 7.11 Å². The summed E-state index contributed by atoms with van der Waals surface area (Å²) in [6, 6.07) is 17.1. The van der Waals surface area contributed by atoms with E-state index in [-0.39, 0.29) is 22.0 Å². The molecule has 31 heavy (non-hydrogen) atoms. The van der Waals surface area contributed by atoms with Gasteiger partial charge in [-0.05, 0) is 24.3 Å². The molecular formula is C21H25BNO7P. The monoisotopic (exact) mass is 445 g/mol. The Morgan fingerprint density at radius 1 is 1.00 bits per heavy atom. The fraction of sp³-hybridized carbons (Fsp3) is 0.333. The maximum absolute atomic E-state index is 12.8. The van der Waals surface area contributed by atoms with Crippen LogP contribution in [0.3, 0.4) is 0 Å². The third kappa shape index (κ3) is 5.90. The van der Waals surface area contributed by atoms with Crippen molar-refractivity contribution in [1.29, 1.82) is 0 Å². The van der Waals surface area contributed by atoms with Crippen LogP contribution in [0.1, 0.15) is 27.6 Å². The first kappa shape index (κ1) is 23.4. The molecular weight excluding hydrogens is 420 g/mol. The van der Waals surface area contributed by atoms with E-state index in [4.69, 9.17) is 24.0 Å². The van der Waals surface area contributed by atoms with Gasteiger partial charge >= 0.3 is 19.6 Å². The van der Waals surface area contributed by atoms with Crippen LogP contribution >= 0.6 is 8.73 Å². The predicted molar refractivity (Wildman–Crippen MR) is 117 cm³/mol. The fourth-order valence-corrected chi connectivity index (χ4v) is 4.17. The molecule has 10 heteroatoms. The number of carbonyl (C=O) groups is 2. The van der Waals surface area contributed by atoms with E-state index in [0.29, 0.717) is 11.1 Å². The van der Waals surface area contributed by atoms with Gasteiger partial charge in [0.2, 0.25) is 0 Å². The van der Waals surface area contributed by atoms with E-state index < -0.39 is 36.5 Å². The van der Waals surface area contributed by atoms with Gasteiger partial charge in [-0.3, -0.25) is 0 Å². The molecule has 1 aliphatic rings. The molecule has 0 bridgehead atoms. The molecule has 6 atom stereocenters. The smallest absolute Gasteiger partial charge is 0.361 e. The van der Waals surface area contributed by atoms with Crippen molar-refractivity contribution < 1.29 is 33.6 Å². The molecule has 2 N–H and O–H groups in total. The summed E-state index contributed by atoms with van der Waals surface area (Å²) in [6.07, 6.45) is -3.37. The minimum atomic E-state index is -0.961. The molecule has 164 valence electrons. The molecule has 2 aromatic carbocycles. The maximum Gasteiger partial charge on any atom is 0.361 e. The Morgan fingerprint density at radius 3 is 2.00 bits per heavy atom. The minimum absolute atomic E-state index is 0.126. The molecule has 0 saturated carbocycles. The summed E-state index contributed by atoms with van der Waals surface area (Å²) >= 11 is 0. The molecule has 0 aromatic heterocycles. The van der Waals surface area contributed by atoms with Crippen LogP contribution in [-0.4, -0.2) is 62.0 Å². The second kappa shape index (κ2) is 11.4. The van der Waals surface area contributed by atoms with E-state index in [2.05, 4.69) is 5.00 Å². The van der Waals surface area contributed by atoms with Crippen LogP contribution in [0.5, 0.6) is 0 Å². The largest absolute Gasteiger partial charge is 0.452 e. The third-order valence-corrected chi connectivity index (χ3v) is 5.99. The molecule has 1 heterocycles. The lowest BCUT2D eigenvalue weighted by atomic mass is 10.1. The molecule has 1 saturated heterocycles. The van der Waals surface area contributed by atoms with Gasteiger partial charge in [-0.15, -0.1) is 0 Å². The summed E-state index contributed by atoms with van der Waals surface area (Å²) in [5, 5.41) is 9.09. The number of hydrogen-bond acceptors (Lipinski definition) is 8.